The monoisotopic (exact) mass is 417 g/mol. The van der Waals surface area contributed by atoms with E-state index in [0.717, 1.165) is 28.0 Å². The molecular weight excluding hydrogens is 394 g/mol. The SMILES string of the molecule is CN(C)CC1CCN(C(CN)c2ccc(Br)c(Br)c2)CC1. The Morgan fingerprint density at radius 3 is 2.43 bits per heavy atom. The quantitative estimate of drug-likeness (QED) is 0.794. The summed E-state index contributed by atoms with van der Waals surface area (Å²) in [5, 5.41) is 0. The van der Waals surface area contributed by atoms with Crippen molar-refractivity contribution in [2.45, 2.75) is 18.9 Å². The highest BCUT2D eigenvalue weighted by Crippen LogP contribution is 2.31. The number of nitrogens with zero attached hydrogens (tertiary/aromatic N) is 2. The lowest BCUT2D eigenvalue weighted by atomic mass is 9.94. The van der Waals surface area contributed by atoms with E-state index in [9.17, 15) is 0 Å². The zero-order valence-corrected chi connectivity index (χ0v) is 16.0. The summed E-state index contributed by atoms with van der Waals surface area (Å²) in [6, 6.07) is 6.79. The maximum Gasteiger partial charge on any atom is 0.0470 e. The first kappa shape index (κ1) is 17.4. The van der Waals surface area contributed by atoms with Gasteiger partial charge in [-0.25, -0.2) is 0 Å². The van der Waals surface area contributed by atoms with Gasteiger partial charge in [-0.3, -0.25) is 4.90 Å². The Labute approximate surface area is 145 Å². The molecule has 0 saturated carbocycles. The van der Waals surface area contributed by atoms with Gasteiger partial charge < -0.3 is 10.6 Å². The number of benzene rings is 1. The standard InChI is InChI=1S/C16H25Br2N3/c1-20(2)11-12-5-7-21(8-6-12)16(10-19)13-3-4-14(17)15(18)9-13/h3-4,9,12,16H,5-8,10-11,19H2,1-2H3. The van der Waals surface area contributed by atoms with Crippen LogP contribution in [0.25, 0.3) is 0 Å². The smallest absolute Gasteiger partial charge is 0.0470 e. The molecule has 2 rings (SSSR count). The van der Waals surface area contributed by atoms with Gasteiger partial charge in [-0.05, 0) is 95.5 Å². The number of nitrogens with two attached hydrogens (primary N) is 1. The molecule has 0 spiro atoms. The van der Waals surface area contributed by atoms with Crippen LogP contribution in [0.1, 0.15) is 24.4 Å². The number of hydrogen-bond acceptors (Lipinski definition) is 3. The predicted octanol–water partition coefficient (Wildman–Crippen LogP) is 3.49. The normalized spacial score (nSPS) is 19.1. The van der Waals surface area contributed by atoms with Gasteiger partial charge in [-0.1, -0.05) is 6.07 Å². The molecule has 1 heterocycles. The van der Waals surface area contributed by atoms with Gasteiger partial charge in [0.05, 0.1) is 0 Å². The summed E-state index contributed by atoms with van der Waals surface area (Å²) in [6.45, 7) is 4.17. The molecule has 1 aliphatic rings. The van der Waals surface area contributed by atoms with Crippen LogP contribution in [0, 0.1) is 5.92 Å². The Morgan fingerprint density at radius 2 is 1.90 bits per heavy atom. The summed E-state index contributed by atoms with van der Waals surface area (Å²) in [5.41, 5.74) is 7.37. The van der Waals surface area contributed by atoms with Crippen LogP contribution in [0.2, 0.25) is 0 Å². The second-order valence-corrected chi connectivity index (χ2v) is 7.88. The van der Waals surface area contributed by atoms with E-state index >= 15 is 0 Å². The third-order valence-corrected chi connectivity index (χ3v) is 6.14. The third-order valence-electron chi connectivity index (χ3n) is 4.26. The average molecular weight is 419 g/mol. The highest BCUT2D eigenvalue weighted by molar-refractivity contribution is 9.13. The zero-order valence-electron chi connectivity index (χ0n) is 12.9. The van der Waals surface area contributed by atoms with Crippen molar-refractivity contribution >= 4 is 31.9 Å². The second-order valence-electron chi connectivity index (χ2n) is 6.17. The third kappa shape index (κ3) is 4.76. The molecule has 1 atom stereocenters. The van der Waals surface area contributed by atoms with Gasteiger partial charge in [-0.15, -0.1) is 0 Å². The zero-order chi connectivity index (χ0) is 15.4. The van der Waals surface area contributed by atoms with Gasteiger partial charge in [-0.2, -0.15) is 0 Å². The molecule has 1 fully saturated rings. The van der Waals surface area contributed by atoms with Gasteiger partial charge in [0.15, 0.2) is 0 Å². The number of rotatable bonds is 5. The maximum atomic E-state index is 6.06. The van der Waals surface area contributed by atoms with Crippen molar-refractivity contribution < 1.29 is 0 Å². The van der Waals surface area contributed by atoms with Crippen molar-refractivity contribution in [3.8, 4) is 0 Å². The first-order valence-corrected chi connectivity index (χ1v) is 9.13. The van der Waals surface area contributed by atoms with Crippen molar-refractivity contribution in [2.75, 3.05) is 40.3 Å². The lowest BCUT2D eigenvalue weighted by Gasteiger charge is -2.38. The molecular formula is C16H25Br2N3. The number of likely N-dealkylation sites (tertiary alicyclic amines) is 1. The van der Waals surface area contributed by atoms with Crippen LogP contribution in [0.15, 0.2) is 27.1 Å². The molecule has 0 radical (unpaired) electrons. The Balaban J connectivity index is 2.00. The van der Waals surface area contributed by atoms with Gasteiger partial charge >= 0.3 is 0 Å². The van der Waals surface area contributed by atoms with Crippen LogP contribution in [0.5, 0.6) is 0 Å². The van der Waals surface area contributed by atoms with Gasteiger partial charge in [0, 0.05) is 28.1 Å². The molecule has 2 N–H and O–H groups in total. The Morgan fingerprint density at radius 1 is 1.24 bits per heavy atom. The summed E-state index contributed by atoms with van der Waals surface area (Å²) in [5.74, 6) is 0.825. The number of halogens is 2. The average Bonchev–Trinajstić information content (AvgIpc) is 2.45. The van der Waals surface area contributed by atoms with Crippen molar-refractivity contribution in [2.24, 2.45) is 11.7 Å². The highest BCUT2D eigenvalue weighted by atomic mass is 79.9. The van der Waals surface area contributed by atoms with E-state index < -0.39 is 0 Å². The minimum absolute atomic E-state index is 0.328. The van der Waals surface area contributed by atoms with E-state index in [1.807, 2.05) is 0 Å². The van der Waals surface area contributed by atoms with Crippen molar-refractivity contribution in [1.29, 1.82) is 0 Å². The molecule has 118 valence electrons. The van der Waals surface area contributed by atoms with Crippen LogP contribution in [0.4, 0.5) is 0 Å². The van der Waals surface area contributed by atoms with Gasteiger partial charge in [0.25, 0.3) is 0 Å². The van der Waals surface area contributed by atoms with E-state index in [1.165, 1.54) is 24.9 Å². The van der Waals surface area contributed by atoms with Crippen LogP contribution in [-0.4, -0.2) is 50.1 Å². The van der Waals surface area contributed by atoms with E-state index in [2.05, 4.69) is 74.0 Å². The van der Waals surface area contributed by atoms with E-state index in [0.29, 0.717) is 12.6 Å². The Bertz CT molecular complexity index is 457. The van der Waals surface area contributed by atoms with Crippen molar-refractivity contribution in [3.63, 3.8) is 0 Å². The molecule has 0 aliphatic carbocycles. The fourth-order valence-electron chi connectivity index (χ4n) is 3.18. The molecule has 1 saturated heterocycles. The molecule has 3 nitrogen and oxygen atoms in total. The first-order chi connectivity index (χ1) is 10.0. The van der Waals surface area contributed by atoms with Crippen molar-refractivity contribution in [1.82, 2.24) is 9.80 Å². The molecule has 1 aromatic rings. The van der Waals surface area contributed by atoms with Gasteiger partial charge in [0.1, 0.15) is 0 Å². The second kappa shape index (κ2) is 8.06. The predicted molar refractivity (Wildman–Crippen MR) is 96.5 cm³/mol. The largest absolute Gasteiger partial charge is 0.329 e. The molecule has 21 heavy (non-hydrogen) atoms. The minimum atomic E-state index is 0.328. The molecule has 1 unspecified atom stereocenters. The van der Waals surface area contributed by atoms with Gasteiger partial charge in [0.2, 0.25) is 0 Å². The number of hydrogen-bond donors (Lipinski definition) is 1. The first-order valence-electron chi connectivity index (χ1n) is 7.55. The van der Waals surface area contributed by atoms with Crippen LogP contribution < -0.4 is 5.73 Å². The number of piperidine rings is 1. The molecule has 1 aromatic carbocycles. The van der Waals surface area contributed by atoms with Crippen LogP contribution in [-0.2, 0) is 0 Å². The summed E-state index contributed by atoms with van der Waals surface area (Å²) < 4.78 is 2.19. The minimum Gasteiger partial charge on any atom is -0.329 e. The molecule has 0 bridgehead atoms. The van der Waals surface area contributed by atoms with Crippen LogP contribution >= 0.6 is 31.9 Å². The fourth-order valence-corrected chi connectivity index (χ4v) is 3.82. The van der Waals surface area contributed by atoms with E-state index in [4.69, 9.17) is 5.73 Å². The Hall–Kier alpha value is 0.0600. The lowest BCUT2D eigenvalue weighted by molar-refractivity contribution is 0.122. The van der Waals surface area contributed by atoms with E-state index in [-0.39, 0.29) is 0 Å². The maximum absolute atomic E-state index is 6.06. The highest BCUT2D eigenvalue weighted by Gasteiger charge is 2.25. The summed E-state index contributed by atoms with van der Waals surface area (Å²) >= 11 is 7.12. The fraction of sp³-hybridized carbons (Fsp3) is 0.625. The summed E-state index contributed by atoms with van der Waals surface area (Å²) in [4.78, 5) is 4.84. The molecule has 0 aromatic heterocycles. The molecule has 1 aliphatic heterocycles. The molecule has 5 heteroatoms. The lowest BCUT2D eigenvalue weighted by Crippen LogP contribution is -2.41. The summed E-state index contributed by atoms with van der Waals surface area (Å²) in [6.07, 6.45) is 2.54. The van der Waals surface area contributed by atoms with E-state index in [1.54, 1.807) is 0 Å². The van der Waals surface area contributed by atoms with Crippen LogP contribution in [0.3, 0.4) is 0 Å². The topological polar surface area (TPSA) is 32.5 Å². The Kier molecular flexibility index (Phi) is 6.69. The summed E-state index contributed by atoms with van der Waals surface area (Å²) in [7, 11) is 4.32. The molecule has 0 amide bonds. The van der Waals surface area contributed by atoms with Crippen molar-refractivity contribution in [3.05, 3.63) is 32.7 Å².